The molecule has 1 aliphatic carbocycles. The Hall–Kier alpha value is -0.770. The van der Waals surface area contributed by atoms with Crippen LogP contribution in [-0.2, 0) is 6.42 Å². The number of aryl methyl sites for hydroxylation is 1. The van der Waals surface area contributed by atoms with Gasteiger partial charge in [0.25, 0.3) is 0 Å². The summed E-state index contributed by atoms with van der Waals surface area (Å²) in [5, 5.41) is 6.90. The normalized spacial score (nSPS) is 28.1. The molecule has 0 saturated carbocycles. The summed E-state index contributed by atoms with van der Waals surface area (Å²) >= 11 is 3.94. The topological polar surface area (TPSA) is 12.0 Å². The van der Waals surface area contributed by atoms with Gasteiger partial charge in [0.1, 0.15) is 0 Å². The van der Waals surface area contributed by atoms with Crippen LogP contribution in [0.25, 0.3) is 0 Å². The van der Waals surface area contributed by atoms with Gasteiger partial charge in [0.15, 0.2) is 0 Å². The first-order chi connectivity index (χ1) is 9.81. The third-order valence-corrected chi connectivity index (χ3v) is 6.79. The van der Waals surface area contributed by atoms with E-state index in [2.05, 4.69) is 48.0 Å². The Morgan fingerprint density at radius 1 is 1.10 bits per heavy atom. The molecule has 2 unspecified atom stereocenters. The number of hydrogen-bond donors (Lipinski definition) is 1. The Balaban J connectivity index is 1.59. The van der Waals surface area contributed by atoms with E-state index in [0.29, 0.717) is 12.1 Å². The highest BCUT2D eigenvalue weighted by Gasteiger charge is 2.30. The third-order valence-electron chi connectivity index (χ3n) is 4.44. The van der Waals surface area contributed by atoms with Crippen LogP contribution in [0.3, 0.4) is 0 Å². The molecule has 1 nitrogen and oxygen atoms in total. The molecule has 20 heavy (non-hydrogen) atoms. The summed E-state index contributed by atoms with van der Waals surface area (Å²) in [6.45, 7) is 2.35. The standard InChI is InChI=1S/C17H19NS2/c1-11-10-16(14-8-9-19-17(14)20-11)18-15-7-6-12-4-2-3-5-13(12)15/h2-5,8-9,11,15-16,18H,6-7,10H2,1H3/t11-,15?,16?/m0/s1. The van der Waals surface area contributed by atoms with Crippen LogP contribution >= 0.6 is 23.1 Å². The molecule has 0 bridgehead atoms. The van der Waals surface area contributed by atoms with Crippen molar-refractivity contribution < 1.29 is 0 Å². The Morgan fingerprint density at radius 3 is 2.95 bits per heavy atom. The maximum Gasteiger partial charge on any atom is 0.0649 e. The summed E-state index contributed by atoms with van der Waals surface area (Å²) in [5.74, 6) is 0. The second kappa shape index (κ2) is 5.21. The Kier molecular flexibility index (Phi) is 3.37. The first kappa shape index (κ1) is 12.9. The maximum absolute atomic E-state index is 3.94. The molecule has 0 spiro atoms. The zero-order chi connectivity index (χ0) is 13.5. The van der Waals surface area contributed by atoms with Crippen LogP contribution in [0.1, 0.15) is 48.5 Å². The number of hydrogen-bond acceptors (Lipinski definition) is 3. The molecular formula is C17H19NS2. The van der Waals surface area contributed by atoms with Crippen molar-refractivity contribution in [3.8, 4) is 0 Å². The molecule has 0 amide bonds. The van der Waals surface area contributed by atoms with E-state index in [1.807, 2.05) is 23.1 Å². The van der Waals surface area contributed by atoms with E-state index >= 15 is 0 Å². The van der Waals surface area contributed by atoms with Gasteiger partial charge in [0.2, 0.25) is 0 Å². The molecule has 1 aliphatic heterocycles. The number of fused-ring (bicyclic) bond motifs is 2. The first-order valence-electron chi connectivity index (χ1n) is 7.39. The van der Waals surface area contributed by atoms with Crippen molar-refractivity contribution >= 4 is 23.1 Å². The zero-order valence-corrected chi connectivity index (χ0v) is 13.3. The Labute approximate surface area is 128 Å². The summed E-state index contributed by atoms with van der Waals surface area (Å²) in [7, 11) is 0. The average molecular weight is 301 g/mol. The van der Waals surface area contributed by atoms with E-state index in [1.165, 1.54) is 40.2 Å². The lowest BCUT2D eigenvalue weighted by molar-refractivity contribution is 0.415. The molecule has 1 aromatic carbocycles. The van der Waals surface area contributed by atoms with Crippen molar-refractivity contribution in [2.24, 2.45) is 0 Å². The minimum Gasteiger partial charge on any atom is -0.303 e. The van der Waals surface area contributed by atoms with E-state index in [1.54, 1.807) is 0 Å². The summed E-state index contributed by atoms with van der Waals surface area (Å²) in [5.41, 5.74) is 4.59. The second-order valence-corrected chi connectivity index (χ2v) is 8.46. The Bertz CT molecular complexity index is 619. The van der Waals surface area contributed by atoms with E-state index < -0.39 is 0 Å². The van der Waals surface area contributed by atoms with Crippen molar-refractivity contribution in [2.75, 3.05) is 0 Å². The predicted octanol–water partition coefficient (Wildman–Crippen LogP) is 4.95. The van der Waals surface area contributed by atoms with Crippen LogP contribution in [0, 0.1) is 0 Å². The lowest BCUT2D eigenvalue weighted by atomic mass is 10.0. The van der Waals surface area contributed by atoms with Gasteiger partial charge in [-0.3, -0.25) is 0 Å². The molecule has 0 radical (unpaired) electrons. The zero-order valence-electron chi connectivity index (χ0n) is 11.6. The Morgan fingerprint density at radius 2 is 2.00 bits per heavy atom. The fourth-order valence-corrected chi connectivity index (χ4v) is 6.05. The third kappa shape index (κ3) is 2.22. The number of benzene rings is 1. The highest BCUT2D eigenvalue weighted by atomic mass is 32.2. The maximum atomic E-state index is 3.94. The molecule has 3 heteroatoms. The van der Waals surface area contributed by atoms with Crippen LogP contribution in [-0.4, -0.2) is 5.25 Å². The SMILES string of the molecule is C[C@H]1CC(NC2CCc3ccccc32)c2ccsc2S1. The van der Waals surface area contributed by atoms with Crippen molar-refractivity contribution in [1.29, 1.82) is 0 Å². The van der Waals surface area contributed by atoms with Gasteiger partial charge in [-0.1, -0.05) is 31.2 Å². The van der Waals surface area contributed by atoms with Gasteiger partial charge in [-0.05, 0) is 47.4 Å². The highest BCUT2D eigenvalue weighted by Crippen LogP contribution is 2.45. The quantitative estimate of drug-likeness (QED) is 0.842. The van der Waals surface area contributed by atoms with E-state index in [4.69, 9.17) is 0 Å². The minimum absolute atomic E-state index is 0.531. The van der Waals surface area contributed by atoms with Crippen molar-refractivity contribution in [2.45, 2.75) is 47.7 Å². The number of rotatable bonds is 2. The summed E-state index contributed by atoms with van der Waals surface area (Å²) in [6.07, 6.45) is 3.71. The molecule has 2 aromatic rings. The lowest BCUT2D eigenvalue weighted by Crippen LogP contribution is -2.29. The number of nitrogens with one attached hydrogen (secondary N) is 1. The summed E-state index contributed by atoms with van der Waals surface area (Å²) in [6, 6.07) is 12.3. The fourth-order valence-electron chi connectivity index (χ4n) is 3.48. The number of thiophene rings is 1. The van der Waals surface area contributed by atoms with E-state index in [0.717, 1.165) is 5.25 Å². The van der Waals surface area contributed by atoms with Crippen LogP contribution in [0.4, 0.5) is 0 Å². The summed E-state index contributed by atoms with van der Waals surface area (Å²) in [4.78, 5) is 0. The molecule has 0 saturated heterocycles. The molecular weight excluding hydrogens is 282 g/mol. The number of thioether (sulfide) groups is 1. The van der Waals surface area contributed by atoms with Crippen molar-refractivity contribution in [3.05, 3.63) is 52.4 Å². The van der Waals surface area contributed by atoms with Gasteiger partial charge >= 0.3 is 0 Å². The minimum atomic E-state index is 0.531. The molecule has 1 aromatic heterocycles. The molecule has 2 heterocycles. The van der Waals surface area contributed by atoms with Gasteiger partial charge in [0, 0.05) is 17.3 Å². The summed E-state index contributed by atoms with van der Waals surface area (Å²) < 4.78 is 1.52. The molecule has 1 N–H and O–H groups in total. The van der Waals surface area contributed by atoms with Crippen LogP contribution in [0.5, 0.6) is 0 Å². The molecule has 0 fully saturated rings. The van der Waals surface area contributed by atoms with Crippen molar-refractivity contribution in [3.63, 3.8) is 0 Å². The van der Waals surface area contributed by atoms with Gasteiger partial charge in [-0.2, -0.15) is 0 Å². The van der Waals surface area contributed by atoms with E-state index in [9.17, 15) is 0 Å². The highest BCUT2D eigenvalue weighted by molar-refractivity contribution is 8.01. The van der Waals surface area contributed by atoms with Crippen LogP contribution in [0.15, 0.2) is 39.9 Å². The molecule has 104 valence electrons. The lowest BCUT2D eigenvalue weighted by Gasteiger charge is -2.30. The fraction of sp³-hybridized carbons (Fsp3) is 0.412. The predicted molar refractivity (Wildman–Crippen MR) is 87.6 cm³/mol. The molecule has 4 rings (SSSR count). The first-order valence-corrected chi connectivity index (χ1v) is 9.15. The van der Waals surface area contributed by atoms with Gasteiger partial charge in [0.05, 0.1) is 4.21 Å². The molecule has 3 atom stereocenters. The largest absolute Gasteiger partial charge is 0.303 e. The van der Waals surface area contributed by atoms with Crippen LogP contribution in [0.2, 0.25) is 0 Å². The van der Waals surface area contributed by atoms with Crippen molar-refractivity contribution in [1.82, 2.24) is 5.32 Å². The smallest absolute Gasteiger partial charge is 0.0649 e. The van der Waals surface area contributed by atoms with Crippen LogP contribution < -0.4 is 5.32 Å². The van der Waals surface area contributed by atoms with Gasteiger partial charge in [-0.25, -0.2) is 0 Å². The van der Waals surface area contributed by atoms with Gasteiger partial charge < -0.3 is 5.32 Å². The average Bonchev–Trinajstić information content (AvgIpc) is 3.06. The second-order valence-electron chi connectivity index (χ2n) is 5.84. The molecule has 2 aliphatic rings. The van der Waals surface area contributed by atoms with Gasteiger partial charge in [-0.15, -0.1) is 23.1 Å². The monoisotopic (exact) mass is 301 g/mol. The van der Waals surface area contributed by atoms with E-state index in [-0.39, 0.29) is 0 Å².